The van der Waals surface area contributed by atoms with E-state index < -0.39 is 0 Å². The van der Waals surface area contributed by atoms with Gasteiger partial charge in [0, 0.05) is 5.57 Å². The highest BCUT2D eigenvalue weighted by Crippen LogP contribution is 2.02. The second-order valence-electron chi connectivity index (χ2n) is 1.88. The third kappa shape index (κ3) is 2.69. The zero-order chi connectivity index (χ0) is 7.44. The molecule has 0 rings (SSSR count). The van der Waals surface area contributed by atoms with Crippen LogP contribution in [-0.2, 0) is 8.58 Å². The van der Waals surface area contributed by atoms with Gasteiger partial charge in [-0.3, -0.25) is 4.79 Å². The van der Waals surface area contributed by atoms with Crippen LogP contribution in [0.2, 0.25) is 0 Å². The van der Waals surface area contributed by atoms with E-state index in [2.05, 4.69) is 0 Å². The highest BCUT2D eigenvalue weighted by molar-refractivity contribution is 6.00. The Hall–Kier alpha value is -0.258. The molecule has 3 heteroatoms. The normalized spacial score (nSPS) is 12.3. The molecule has 0 saturated carbocycles. The SMILES string of the molecule is CC(=O)C(C)=C(C)[O][AlH]. The van der Waals surface area contributed by atoms with Crippen LogP contribution in [0, 0.1) is 0 Å². The average Bonchev–Trinajstić information content (AvgIpc) is 1.84. The van der Waals surface area contributed by atoms with Crippen LogP contribution >= 0.6 is 0 Å². The lowest BCUT2D eigenvalue weighted by atomic mass is 10.2. The molecule has 0 N–H and O–H groups in total. The second kappa shape index (κ2) is 3.71. The third-order valence-corrected chi connectivity index (χ3v) is 1.71. The van der Waals surface area contributed by atoms with Crippen molar-refractivity contribution in [3.63, 3.8) is 0 Å². The van der Waals surface area contributed by atoms with Crippen LogP contribution in [-0.4, -0.2) is 22.4 Å². The fourth-order valence-electron chi connectivity index (χ4n) is 0.356. The van der Waals surface area contributed by atoms with Gasteiger partial charge in [-0.1, -0.05) is 0 Å². The van der Waals surface area contributed by atoms with Crippen LogP contribution in [0.4, 0.5) is 0 Å². The fourth-order valence-corrected chi connectivity index (χ4v) is 0.573. The molecule has 0 aromatic carbocycles. The van der Waals surface area contributed by atoms with Crippen molar-refractivity contribution in [1.82, 2.24) is 0 Å². The van der Waals surface area contributed by atoms with Crippen LogP contribution in [0.3, 0.4) is 0 Å². The quantitative estimate of drug-likeness (QED) is 0.321. The second-order valence-corrected chi connectivity index (χ2v) is 2.17. The van der Waals surface area contributed by atoms with Crippen LogP contribution in [0.1, 0.15) is 20.8 Å². The summed E-state index contributed by atoms with van der Waals surface area (Å²) in [4.78, 5) is 10.6. The van der Waals surface area contributed by atoms with Gasteiger partial charge in [0.1, 0.15) is 0 Å². The zero-order valence-corrected chi connectivity index (χ0v) is 7.44. The van der Waals surface area contributed by atoms with E-state index in [4.69, 9.17) is 3.79 Å². The first kappa shape index (κ1) is 8.74. The first-order chi connectivity index (χ1) is 4.09. The summed E-state index contributed by atoms with van der Waals surface area (Å²) in [6.07, 6.45) is 0. The molecule has 0 fully saturated rings. The molecular formula is C6H10AlO2. The van der Waals surface area contributed by atoms with Crippen molar-refractivity contribution < 1.29 is 8.58 Å². The number of ketones is 1. The van der Waals surface area contributed by atoms with Crippen LogP contribution in [0.25, 0.3) is 0 Å². The zero-order valence-electron chi connectivity index (χ0n) is 6.02. The minimum absolute atomic E-state index is 0.0687. The van der Waals surface area contributed by atoms with Gasteiger partial charge < -0.3 is 3.79 Å². The molecule has 0 saturated heterocycles. The molecule has 0 aliphatic carbocycles. The lowest BCUT2D eigenvalue weighted by Crippen LogP contribution is -1.97. The predicted octanol–water partition coefficient (Wildman–Crippen LogP) is 0.702. The highest BCUT2D eigenvalue weighted by atomic mass is 27.1. The Labute approximate surface area is 63.6 Å². The topological polar surface area (TPSA) is 26.3 Å². The lowest BCUT2D eigenvalue weighted by Gasteiger charge is -2.03. The van der Waals surface area contributed by atoms with E-state index in [0.717, 1.165) is 0 Å². The van der Waals surface area contributed by atoms with E-state index in [9.17, 15) is 4.79 Å². The van der Waals surface area contributed by atoms with Gasteiger partial charge in [0.2, 0.25) is 0 Å². The molecule has 2 nitrogen and oxygen atoms in total. The Balaban J connectivity index is 4.28. The van der Waals surface area contributed by atoms with Gasteiger partial charge >= 0.3 is 16.6 Å². The average molecular weight is 141 g/mol. The molecule has 0 aromatic heterocycles. The molecular weight excluding hydrogens is 131 g/mol. The number of rotatable bonds is 2. The molecule has 1 radical (unpaired) electrons. The van der Waals surface area contributed by atoms with Crippen molar-refractivity contribution in [2.45, 2.75) is 20.8 Å². The maximum atomic E-state index is 10.6. The fraction of sp³-hybridized carbons (Fsp3) is 0.500. The van der Waals surface area contributed by atoms with E-state index in [1.165, 1.54) is 23.5 Å². The molecule has 0 aromatic rings. The minimum atomic E-state index is 0.0687. The Morgan fingerprint density at radius 2 is 1.78 bits per heavy atom. The van der Waals surface area contributed by atoms with Gasteiger partial charge in [-0.05, 0) is 20.8 Å². The summed E-state index contributed by atoms with van der Waals surface area (Å²) < 4.78 is 4.86. The Morgan fingerprint density at radius 3 is 1.89 bits per heavy atom. The summed E-state index contributed by atoms with van der Waals surface area (Å²) in [5.74, 6) is 0.778. The van der Waals surface area contributed by atoms with Crippen LogP contribution in [0.5, 0.6) is 0 Å². The maximum Gasteiger partial charge on any atom is 0.494 e. The number of allylic oxidation sites excluding steroid dienone is 2. The van der Waals surface area contributed by atoms with E-state index in [0.29, 0.717) is 11.3 Å². The van der Waals surface area contributed by atoms with Gasteiger partial charge in [-0.25, -0.2) is 0 Å². The predicted molar refractivity (Wildman–Crippen MR) is 37.3 cm³/mol. The summed E-state index contributed by atoms with van der Waals surface area (Å²) in [7, 11) is 0. The largest absolute Gasteiger partial charge is 0.653 e. The molecule has 0 unspecified atom stereocenters. The minimum Gasteiger partial charge on any atom is -0.653 e. The molecule has 0 spiro atoms. The molecule has 9 heavy (non-hydrogen) atoms. The molecule has 49 valence electrons. The summed E-state index contributed by atoms with van der Waals surface area (Å²) in [6.45, 7) is 5.07. The van der Waals surface area contributed by atoms with Gasteiger partial charge in [0.15, 0.2) is 5.78 Å². The van der Waals surface area contributed by atoms with Crippen molar-refractivity contribution in [2.75, 3.05) is 0 Å². The maximum absolute atomic E-state index is 10.6. The summed E-state index contributed by atoms with van der Waals surface area (Å²) in [6, 6.07) is 0. The van der Waals surface area contributed by atoms with Gasteiger partial charge in [-0.15, -0.1) is 0 Å². The first-order valence-corrected chi connectivity index (χ1v) is 3.27. The molecule has 0 aliphatic rings. The Morgan fingerprint density at radius 1 is 1.33 bits per heavy atom. The smallest absolute Gasteiger partial charge is 0.494 e. The van der Waals surface area contributed by atoms with E-state index in [-0.39, 0.29) is 5.78 Å². The van der Waals surface area contributed by atoms with Crippen molar-refractivity contribution in [1.29, 1.82) is 0 Å². The number of hydrogen-bond donors (Lipinski definition) is 0. The number of Topliss-reactive ketones (excluding diaryl/α,β-unsaturated/α-hetero) is 1. The van der Waals surface area contributed by atoms with E-state index in [1.54, 1.807) is 13.8 Å². The van der Waals surface area contributed by atoms with Gasteiger partial charge in [-0.2, -0.15) is 0 Å². The van der Waals surface area contributed by atoms with Crippen molar-refractivity contribution in [3.05, 3.63) is 11.3 Å². The highest BCUT2D eigenvalue weighted by Gasteiger charge is 1.99. The Kier molecular flexibility index (Phi) is 3.60. The lowest BCUT2D eigenvalue weighted by molar-refractivity contribution is -0.113. The third-order valence-electron chi connectivity index (χ3n) is 1.27. The van der Waals surface area contributed by atoms with Crippen molar-refractivity contribution in [3.8, 4) is 0 Å². The molecule has 0 amide bonds. The van der Waals surface area contributed by atoms with Crippen LogP contribution in [0.15, 0.2) is 11.3 Å². The van der Waals surface area contributed by atoms with Crippen LogP contribution < -0.4 is 0 Å². The Bertz CT molecular complexity index is 149. The molecule has 0 bridgehead atoms. The summed E-state index contributed by atoms with van der Waals surface area (Å²) in [5.41, 5.74) is 0.699. The van der Waals surface area contributed by atoms with Crippen molar-refractivity contribution in [2.24, 2.45) is 0 Å². The molecule has 0 heterocycles. The molecule has 0 atom stereocenters. The van der Waals surface area contributed by atoms with Gasteiger partial charge in [0.25, 0.3) is 0 Å². The van der Waals surface area contributed by atoms with Gasteiger partial charge in [0.05, 0.1) is 5.76 Å². The van der Waals surface area contributed by atoms with E-state index >= 15 is 0 Å². The number of hydrogen-bond acceptors (Lipinski definition) is 2. The van der Waals surface area contributed by atoms with Crippen molar-refractivity contribution >= 4 is 22.4 Å². The summed E-state index contributed by atoms with van der Waals surface area (Å²) >= 11 is 1.38. The summed E-state index contributed by atoms with van der Waals surface area (Å²) in [5, 5.41) is 0. The standard InChI is InChI=1S/C6H10O2.Al.H/c1-4(5(2)7)6(3)8;;/h7H,1-3H3;;/q;+1;/p-1. The van der Waals surface area contributed by atoms with E-state index in [1.807, 2.05) is 0 Å². The first-order valence-electron chi connectivity index (χ1n) is 2.70. The number of carbonyl (C=O) groups is 1. The monoisotopic (exact) mass is 141 g/mol. The number of carbonyl (C=O) groups excluding carboxylic acids is 1. The molecule has 0 aliphatic heterocycles.